The Labute approximate surface area is 120 Å². The van der Waals surface area contributed by atoms with Crippen LogP contribution in [0, 0.1) is 6.92 Å². The topological polar surface area (TPSA) is 28.4 Å². The summed E-state index contributed by atoms with van der Waals surface area (Å²) >= 11 is 0. The monoisotopic (exact) mass is 272 g/mol. The molecule has 0 saturated carbocycles. The number of rotatable bonds is 4. The number of furan rings is 1. The van der Waals surface area contributed by atoms with Crippen molar-refractivity contribution in [3.8, 4) is 0 Å². The Balaban J connectivity index is 1.69. The van der Waals surface area contributed by atoms with E-state index < -0.39 is 0 Å². The molecule has 1 aliphatic rings. The van der Waals surface area contributed by atoms with Gasteiger partial charge >= 0.3 is 0 Å². The summed E-state index contributed by atoms with van der Waals surface area (Å²) in [4.78, 5) is 2.53. The van der Waals surface area contributed by atoms with Crippen LogP contribution in [-0.4, -0.2) is 30.6 Å². The SMILES string of the molecule is CCN1CCCC(NCc2c(C)oc3ccccc23)C1. The summed E-state index contributed by atoms with van der Waals surface area (Å²) in [6.07, 6.45) is 2.59. The second-order valence-electron chi connectivity index (χ2n) is 5.75. The number of benzene rings is 1. The molecule has 2 aromatic rings. The number of likely N-dealkylation sites (tertiary alicyclic amines) is 1. The van der Waals surface area contributed by atoms with Crippen molar-refractivity contribution in [1.82, 2.24) is 10.2 Å². The van der Waals surface area contributed by atoms with Crippen LogP contribution in [0.4, 0.5) is 0 Å². The van der Waals surface area contributed by atoms with Crippen LogP contribution in [0.5, 0.6) is 0 Å². The summed E-state index contributed by atoms with van der Waals surface area (Å²) in [5.41, 5.74) is 2.31. The lowest BCUT2D eigenvalue weighted by Crippen LogP contribution is -2.45. The third kappa shape index (κ3) is 2.74. The molecule has 20 heavy (non-hydrogen) atoms. The van der Waals surface area contributed by atoms with Crippen LogP contribution >= 0.6 is 0 Å². The van der Waals surface area contributed by atoms with Gasteiger partial charge in [-0.05, 0) is 38.9 Å². The molecule has 1 atom stereocenters. The van der Waals surface area contributed by atoms with Gasteiger partial charge in [0.2, 0.25) is 0 Å². The van der Waals surface area contributed by atoms with Crippen LogP contribution < -0.4 is 5.32 Å². The minimum Gasteiger partial charge on any atom is -0.461 e. The maximum absolute atomic E-state index is 5.83. The van der Waals surface area contributed by atoms with Crippen molar-refractivity contribution in [2.24, 2.45) is 0 Å². The van der Waals surface area contributed by atoms with Crippen LogP contribution in [0.25, 0.3) is 11.0 Å². The molecule has 3 nitrogen and oxygen atoms in total. The summed E-state index contributed by atoms with van der Waals surface area (Å²) in [6.45, 7) is 8.80. The van der Waals surface area contributed by atoms with Gasteiger partial charge in [0.15, 0.2) is 0 Å². The van der Waals surface area contributed by atoms with Crippen molar-refractivity contribution in [3.63, 3.8) is 0 Å². The van der Waals surface area contributed by atoms with E-state index in [9.17, 15) is 0 Å². The highest BCUT2D eigenvalue weighted by Crippen LogP contribution is 2.25. The number of nitrogens with one attached hydrogen (secondary N) is 1. The van der Waals surface area contributed by atoms with Crippen LogP contribution in [0.3, 0.4) is 0 Å². The number of nitrogens with zero attached hydrogens (tertiary/aromatic N) is 1. The van der Waals surface area contributed by atoms with E-state index in [1.165, 1.54) is 36.9 Å². The van der Waals surface area contributed by atoms with E-state index in [1.54, 1.807) is 0 Å². The predicted octanol–water partition coefficient (Wildman–Crippen LogP) is 3.32. The lowest BCUT2D eigenvalue weighted by Gasteiger charge is -2.32. The normalized spacial score (nSPS) is 20.6. The van der Waals surface area contributed by atoms with Crippen molar-refractivity contribution in [1.29, 1.82) is 0 Å². The van der Waals surface area contributed by atoms with Crippen LogP contribution in [0.1, 0.15) is 31.1 Å². The average Bonchev–Trinajstić information content (AvgIpc) is 2.81. The predicted molar refractivity (Wildman–Crippen MR) is 82.9 cm³/mol. The van der Waals surface area contributed by atoms with Gasteiger partial charge in [-0.2, -0.15) is 0 Å². The van der Waals surface area contributed by atoms with Crippen molar-refractivity contribution in [2.45, 2.75) is 39.3 Å². The first-order valence-corrected chi connectivity index (χ1v) is 7.70. The quantitative estimate of drug-likeness (QED) is 0.925. The number of aryl methyl sites for hydroxylation is 1. The van der Waals surface area contributed by atoms with E-state index in [2.05, 4.69) is 36.2 Å². The zero-order valence-corrected chi connectivity index (χ0v) is 12.5. The molecule has 0 amide bonds. The Kier molecular flexibility index (Phi) is 4.08. The Morgan fingerprint density at radius 2 is 2.20 bits per heavy atom. The smallest absolute Gasteiger partial charge is 0.134 e. The fourth-order valence-electron chi connectivity index (χ4n) is 3.20. The number of hydrogen-bond donors (Lipinski definition) is 1. The third-order valence-electron chi connectivity index (χ3n) is 4.42. The molecule has 0 bridgehead atoms. The number of para-hydroxylation sites is 1. The molecule has 1 aromatic heterocycles. The van der Waals surface area contributed by atoms with E-state index >= 15 is 0 Å². The van der Waals surface area contributed by atoms with Crippen LogP contribution in [0.15, 0.2) is 28.7 Å². The highest BCUT2D eigenvalue weighted by atomic mass is 16.3. The van der Waals surface area contributed by atoms with Crippen LogP contribution in [0.2, 0.25) is 0 Å². The lowest BCUT2D eigenvalue weighted by molar-refractivity contribution is 0.198. The van der Waals surface area contributed by atoms with Gasteiger partial charge in [-0.15, -0.1) is 0 Å². The van der Waals surface area contributed by atoms with Crippen molar-refractivity contribution >= 4 is 11.0 Å². The number of hydrogen-bond acceptors (Lipinski definition) is 3. The zero-order valence-electron chi connectivity index (χ0n) is 12.5. The molecule has 1 fully saturated rings. The molecule has 1 aromatic carbocycles. The Bertz CT molecular complexity index is 575. The van der Waals surface area contributed by atoms with Gasteiger partial charge in [0.25, 0.3) is 0 Å². The minimum atomic E-state index is 0.608. The molecule has 3 heteroatoms. The van der Waals surface area contributed by atoms with E-state index in [1.807, 2.05) is 12.1 Å². The highest BCUT2D eigenvalue weighted by molar-refractivity contribution is 5.82. The summed E-state index contributed by atoms with van der Waals surface area (Å²) in [5, 5.41) is 4.97. The molecule has 108 valence electrons. The van der Waals surface area contributed by atoms with Crippen molar-refractivity contribution in [3.05, 3.63) is 35.6 Å². The van der Waals surface area contributed by atoms with Gasteiger partial charge in [0.05, 0.1) is 0 Å². The first kappa shape index (κ1) is 13.7. The fourth-order valence-corrected chi connectivity index (χ4v) is 3.20. The first-order chi connectivity index (χ1) is 9.78. The fraction of sp³-hybridized carbons (Fsp3) is 0.529. The lowest BCUT2D eigenvalue weighted by atomic mass is 10.0. The molecule has 1 saturated heterocycles. The first-order valence-electron chi connectivity index (χ1n) is 7.70. The van der Waals surface area contributed by atoms with Crippen molar-refractivity contribution < 1.29 is 4.42 Å². The minimum absolute atomic E-state index is 0.608. The number of fused-ring (bicyclic) bond motifs is 1. The van der Waals surface area contributed by atoms with Gasteiger partial charge in [-0.1, -0.05) is 25.1 Å². The van der Waals surface area contributed by atoms with E-state index in [4.69, 9.17) is 4.42 Å². The summed E-state index contributed by atoms with van der Waals surface area (Å²) in [7, 11) is 0. The molecule has 0 radical (unpaired) electrons. The molecule has 2 heterocycles. The standard InChI is InChI=1S/C17H24N2O/c1-3-19-10-6-7-14(12-19)18-11-16-13(2)20-17-9-5-4-8-15(16)17/h4-5,8-9,14,18H,3,6-7,10-12H2,1-2H3. The van der Waals surface area contributed by atoms with E-state index in [0.29, 0.717) is 6.04 Å². The molecular formula is C17H24N2O. The maximum Gasteiger partial charge on any atom is 0.134 e. The second kappa shape index (κ2) is 5.98. The average molecular weight is 272 g/mol. The second-order valence-corrected chi connectivity index (χ2v) is 5.75. The molecule has 1 unspecified atom stereocenters. The van der Waals surface area contributed by atoms with E-state index in [0.717, 1.165) is 24.4 Å². The van der Waals surface area contributed by atoms with Gasteiger partial charge in [0.1, 0.15) is 11.3 Å². The Morgan fingerprint density at radius 3 is 3.05 bits per heavy atom. The van der Waals surface area contributed by atoms with Crippen LogP contribution in [-0.2, 0) is 6.54 Å². The summed E-state index contributed by atoms with van der Waals surface area (Å²) < 4.78 is 5.83. The summed E-state index contributed by atoms with van der Waals surface area (Å²) in [6, 6.07) is 8.92. The molecule has 0 spiro atoms. The van der Waals surface area contributed by atoms with Gasteiger partial charge in [-0.25, -0.2) is 0 Å². The third-order valence-corrected chi connectivity index (χ3v) is 4.42. The molecule has 3 rings (SSSR count). The van der Waals surface area contributed by atoms with E-state index in [-0.39, 0.29) is 0 Å². The highest BCUT2D eigenvalue weighted by Gasteiger charge is 2.19. The molecule has 0 aliphatic carbocycles. The summed E-state index contributed by atoms with van der Waals surface area (Å²) in [5.74, 6) is 1.04. The van der Waals surface area contributed by atoms with Gasteiger partial charge < -0.3 is 14.6 Å². The Hall–Kier alpha value is -1.32. The molecule has 1 N–H and O–H groups in total. The van der Waals surface area contributed by atoms with Gasteiger partial charge in [-0.3, -0.25) is 0 Å². The number of piperidine rings is 1. The largest absolute Gasteiger partial charge is 0.461 e. The maximum atomic E-state index is 5.83. The zero-order chi connectivity index (χ0) is 13.9. The Morgan fingerprint density at radius 1 is 1.35 bits per heavy atom. The van der Waals surface area contributed by atoms with Gasteiger partial charge in [0, 0.05) is 30.1 Å². The number of likely N-dealkylation sites (N-methyl/N-ethyl adjacent to an activating group) is 1. The van der Waals surface area contributed by atoms with Crippen molar-refractivity contribution in [2.75, 3.05) is 19.6 Å². The molecular weight excluding hydrogens is 248 g/mol. The molecule has 1 aliphatic heterocycles.